The highest BCUT2D eigenvalue weighted by atomic mass is 32.1. The normalized spacial score (nSPS) is 12.3. The van der Waals surface area contributed by atoms with Gasteiger partial charge in [0.15, 0.2) is 0 Å². The molecule has 0 radical (unpaired) electrons. The number of ether oxygens (including phenoxy) is 1. The summed E-state index contributed by atoms with van der Waals surface area (Å²) in [7, 11) is 1.73. The zero-order valence-corrected chi connectivity index (χ0v) is 13.0. The van der Waals surface area contributed by atoms with Crippen LogP contribution in [0.2, 0.25) is 0 Å². The summed E-state index contributed by atoms with van der Waals surface area (Å²) in [6.45, 7) is 5.86. The highest BCUT2D eigenvalue weighted by Crippen LogP contribution is 2.39. The van der Waals surface area contributed by atoms with E-state index in [2.05, 4.69) is 35.3 Å². The number of likely N-dealkylation sites (N-methyl/N-ethyl adjacent to an activating group) is 1. The Morgan fingerprint density at radius 1 is 1.35 bits per heavy atom. The predicted octanol–water partition coefficient (Wildman–Crippen LogP) is 3.25. The van der Waals surface area contributed by atoms with Crippen molar-refractivity contribution in [2.45, 2.75) is 19.9 Å². The molecule has 5 heteroatoms. The molecule has 108 valence electrons. The summed E-state index contributed by atoms with van der Waals surface area (Å²) in [6.07, 6.45) is 0. The lowest BCUT2D eigenvalue weighted by Crippen LogP contribution is -2.35. The Bertz CT molecular complexity index is 541. The number of nitrogens with two attached hydrogens (primary N) is 1. The van der Waals surface area contributed by atoms with Crippen molar-refractivity contribution >= 4 is 22.4 Å². The molecule has 0 aliphatic heterocycles. The molecule has 4 nitrogen and oxygen atoms in total. The Morgan fingerprint density at radius 3 is 2.65 bits per heavy atom. The zero-order valence-electron chi connectivity index (χ0n) is 12.2. The lowest BCUT2D eigenvalue weighted by Gasteiger charge is -2.29. The molecule has 1 aromatic carbocycles. The molecule has 0 bridgehead atoms. The largest absolute Gasteiger partial charge is 0.383 e. The van der Waals surface area contributed by atoms with Crippen molar-refractivity contribution in [1.82, 2.24) is 4.37 Å². The van der Waals surface area contributed by atoms with Crippen molar-refractivity contribution in [3.8, 4) is 11.1 Å². The maximum atomic E-state index is 6.08. The second-order valence-electron chi connectivity index (χ2n) is 4.70. The minimum absolute atomic E-state index is 0.285. The Morgan fingerprint density at radius 2 is 2.05 bits per heavy atom. The summed E-state index contributed by atoms with van der Waals surface area (Å²) in [6, 6.07) is 10.5. The molecule has 0 aliphatic carbocycles. The van der Waals surface area contributed by atoms with Crippen LogP contribution in [0.25, 0.3) is 11.1 Å². The van der Waals surface area contributed by atoms with E-state index in [1.165, 1.54) is 11.5 Å². The van der Waals surface area contributed by atoms with Gasteiger partial charge in [0.1, 0.15) is 10.8 Å². The van der Waals surface area contributed by atoms with Gasteiger partial charge in [-0.05, 0) is 30.9 Å². The van der Waals surface area contributed by atoms with Gasteiger partial charge in [0.2, 0.25) is 0 Å². The fourth-order valence-electron chi connectivity index (χ4n) is 2.35. The van der Waals surface area contributed by atoms with E-state index in [0.29, 0.717) is 12.4 Å². The monoisotopic (exact) mass is 291 g/mol. The molecule has 2 N–H and O–H groups in total. The third kappa shape index (κ3) is 2.94. The molecule has 0 amide bonds. The molecule has 0 spiro atoms. The fraction of sp³-hybridized carbons (Fsp3) is 0.400. The molecule has 0 aliphatic rings. The van der Waals surface area contributed by atoms with Crippen LogP contribution in [0.15, 0.2) is 30.3 Å². The maximum absolute atomic E-state index is 6.08. The van der Waals surface area contributed by atoms with Gasteiger partial charge in [0, 0.05) is 13.7 Å². The first-order chi connectivity index (χ1) is 9.69. The zero-order chi connectivity index (χ0) is 14.5. The topological polar surface area (TPSA) is 51.4 Å². The van der Waals surface area contributed by atoms with Crippen LogP contribution in [0.5, 0.6) is 0 Å². The van der Waals surface area contributed by atoms with Crippen LogP contribution >= 0.6 is 11.5 Å². The van der Waals surface area contributed by atoms with Crippen LogP contribution in [-0.2, 0) is 4.74 Å². The summed E-state index contributed by atoms with van der Waals surface area (Å²) < 4.78 is 9.61. The Hall–Kier alpha value is -1.59. The molecule has 1 atom stereocenters. The molecule has 1 unspecified atom stereocenters. The number of methoxy groups -OCH3 is 1. The minimum atomic E-state index is 0.285. The SMILES string of the molecule is CCN(c1snc(N)c1-c1ccccc1)C(C)COC. The first kappa shape index (κ1) is 14.8. The average Bonchev–Trinajstić information content (AvgIpc) is 2.83. The molecule has 20 heavy (non-hydrogen) atoms. The molecular weight excluding hydrogens is 270 g/mol. The van der Waals surface area contributed by atoms with Crippen molar-refractivity contribution in [3.63, 3.8) is 0 Å². The number of aromatic nitrogens is 1. The number of anilines is 2. The van der Waals surface area contributed by atoms with Gasteiger partial charge in [0.25, 0.3) is 0 Å². The van der Waals surface area contributed by atoms with E-state index in [0.717, 1.165) is 22.7 Å². The third-order valence-electron chi connectivity index (χ3n) is 3.30. The molecular formula is C15H21N3OS. The van der Waals surface area contributed by atoms with E-state index < -0.39 is 0 Å². The van der Waals surface area contributed by atoms with Crippen LogP contribution in [0, 0.1) is 0 Å². The fourth-order valence-corrected chi connectivity index (χ4v) is 3.36. The summed E-state index contributed by atoms with van der Waals surface area (Å²) in [5.74, 6) is 0.597. The van der Waals surface area contributed by atoms with Crippen molar-refractivity contribution in [1.29, 1.82) is 0 Å². The van der Waals surface area contributed by atoms with Gasteiger partial charge in [-0.2, -0.15) is 4.37 Å². The molecule has 0 saturated heterocycles. The Labute approximate surface area is 124 Å². The Balaban J connectivity index is 2.42. The quantitative estimate of drug-likeness (QED) is 0.887. The lowest BCUT2D eigenvalue weighted by atomic mass is 10.1. The van der Waals surface area contributed by atoms with E-state index in [1.54, 1.807) is 7.11 Å². The first-order valence-corrected chi connectivity index (χ1v) is 7.52. The summed E-state index contributed by atoms with van der Waals surface area (Å²) in [5, 5.41) is 1.11. The predicted molar refractivity (Wildman–Crippen MR) is 86.3 cm³/mol. The molecule has 1 aromatic heterocycles. The van der Waals surface area contributed by atoms with Crippen LogP contribution in [0.4, 0.5) is 10.8 Å². The molecule has 0 saturated carbocycles. The summed E-state index contributed by atoms with van der Waals surface area (Å²) in [5.41, 5.74) is 8.22. The molecule has 0 fully saturated rings. The van der Waals surface area contributed by atoms with E-state index in [4.69, 9.17) is 10.5 Å². The number of nitrogen functional groups attached to an aromatic ring is 1. The summed E-state index contributed by atoms with van der Waals surface area (Å²) in [4.78, 5) is 2.29. The smallest absolute Gasteiger partial charge is 0.147 e. The number of rotatable bonds is 6. The van der Waals surface area contributed by atoms with Crippen LogP contribution in [0.3, 0.4) is 0 Å². The summed E-state index contributed by atoms with van der Waals surface area (Å²) >= 11 is 1.45. The van der Waals surface area contributed by atoms with Crippen molar-refractivity contribution in [2.24, 2.45) is 0 Å². The number of nitrogens with zero attached hydrogens (tertiary/aromatic N) is 2. The molecule has 2 aromatic rings. The van der Waals surface area contributed by atoms with Crippen molar-refractivity contribution in [2.75, 3.05) is 30.9 Å². The van der Waals surface area contributed by atoms with Crippen LogP contribution in [0.1, 0.15) is 13.8 Å². The Kier molecular flexibility index (Phi) is 4.98. The van der Waals surface area contributed by atoms with E-state index in [1.807, 2.05) is 18.2 Å². The van der Waals surface area contributed by atoms with Crippen LogP contribution in [-0.4, -0.2) is 30.7 Å². The number of benzene rings is 1. The van der Waals surface area contributed by atoms with Gasteiger partial charge >= 0.3 is 0 Å². The maximum Gasteiger partial charge on any atom is 0.147 e. The van der Waals surface area contributed by atoms with E-state index in [-0.39, 0.29) is 6.04 Å². The second kappa shape index (κ2) is 6.72. The number of hydrogen-bond donors (Lipinski definition) is 1. The van der Waals surface area contributed by atoms with E-state index in [9.17, 15) is 0 Å². The van der Waals surface area contributed by atoms with Crippen molar-refractivity contribution < 1.29 is 4.74 Å². The van der Waals surface area contributed by atoms with Gasteiger partial charge in [-0.15, -0.1) is 0 Å². The minimum Gasteiger partial charge on any atom is -0.383 e. The van der Waals surface area contributed by atoms with Gasteiger partial charge in [-0.3, -0.25) is 0 Å². The third-order valence-corrected chi connectivity index (χ3v) is 4.20. The van der Waals surface area contributed by atoms with Gasteiger partial charge in [-0.25, -0.2) is 0 Å². The first-order valence-electron chi connectivity index (χ1n) is 6.75. The highest BCUT2D eigenvalue weighted by molar-refractivity contribution is 7.11. The van der Waals surface area contributed by atoms with Gasteiger partial charge in [0.05, 0.1) is 18.2 Å². The second-order valence-corrected chi connectivity index (χ2v) is 5.46. The molecule has 2 rings (SSSR count). The number of hydrogen-bond acceptors (Lipinski definition) is 5. The van der Waals surface area contributed by atoms with Crippen molar-refractivity contribution in [3.05, 3.63) is 30.3 Å². The van der Waals surface area contributed by atoms with Gasteiger partial charge < -0.3 is 15.4 Å². The highest BCUT2D eigenvalue weighted by Gasteiger charge is 2.21. The van der Waals surface area contributed by atoms with Crippen LogP contribution < -0.4 is 10.6 Å². The van der Waals surface area contributed by atoms with Gasteiger partial charge in [-0.1, -0.05) is 30.3 Å². The van der Waals surface area contributed by atoms with E-state index >= 15 is 0 Å². The average molecular weight is 291 g/mol. The molecule has 1 heterocycles. The lowest BCUT2D eigenvalue weighted by molar-refractivity contribution is 0.182. The standard InChI is InChI=1S/C15H21N3OS/c1-4-18(11(2)10-19-3)15-13(14(16)17-20-15)12-8-6-5-7-9-12/h5-9,11H,4,10H2,1-3H3,(H2,16,17).